The molecule has 0 fully saturated rings. The molecule has 2 nitrogen and oxygen atoms in total. The molecule has 112 valence electrons. The molecule has 0 radical (unpaired) electrons. The highest BCUT2D eigenvalue weighted by molar-refractivity contribution is 7.00. The monoisotopic (exact) mass is 298 g/mol. The fourth-order valence-corrected chi connectivity index (χ4v) is 5.48. The van der Waals surface area contributed by atoms with E-state index in [-0.39, 0.29) is 0 Å². The molecule has 4 N–H and O–H groups in total. The molecular weight excluding hydrogens is 272 g/mol. The first-order chi connectivity index (χ1) is 9.64. The Hall–Kier alpha value is -1.74. The summed E-state index contributed by atoms with van der Waals surface area (Å²) >= 11 is 0. The Morgan fingerprint density at radius 2 is 0.857 bits per heavy atom. The summed E-state index contributed by atoms with van der Waals surface area (Å²) in [6, 6.07) is 9.04. The summed E-state index contributed by atoms with van der Waals surface area (Å²) in [4.78, 5) is 0. The van der Waals surface area contributed by atoms with Crippen molar-refractivity contribution in [3.8, 4) is 0 Å². The maximum absolute atomic E-state index is 6.10. The molecular formula is C18H26N2Si. The summed E-state index contributed by atoms with van der Waals surface area (Å²) in [5, 5.41) is 2.85. The first-order valence-electron chi connectivity index (χ1n) is 7.39. The van der Waals surface area contributed by atoms with Crippen molar-refractivity contribution in [1.29, 1.82) is 0 Å². The van der Waals surface area contributed by atoms with Crippen molar-refractivity contribution in [3.05, 3.63) is 46.5 Å². The zero-order chi connectivity index (χ0) is 15.9. The molecule has 0 bridgehead atoms. The van der Waals surface area contributed by atoms with Crippen molar-refractivity contribution < 1.29 is 0 Å². The Labute approximate surface area is 129 Å². The Morgan fingerprint density at radius 3 is 1.10 bits per heavy atom. The molecule has 0 aliphatic carbocycles. The van der Waals surface area contributed by atoms with Crippen molar-refractivity contribution in [2.45, 2.75) is 40.8 Å². The third-order valence-electron chi connectivity index (χ3n) is 4.63. The fraction of sp³-hybridized carbons (Fsp3) is 0.333. The van der Waals surface area contributed by atoms with Crippen molar-refractivity contribution in [2.24, 2.45) is 0 Å². The van der Waals surface area contributed by atoms with Gasteiger partial charge in [-0.3, -0.25) is 0 Å². The summed E-state index contributed by atoms with van der Waals surface area (Å²) in [7, 11) is -1.74. The summed E-state index contributed by atoms with van der Waals surface area (Å²) in [6.07, 6.45) is 0. The molecule has 0 saturated heterocycles. The van der Waals surface area contributed by atoms with Crippen LogP contribution in [0.5, 0.6) is 0 Å². The normalized spacial score (nSPS) is 11.7. The van der Waals surface area contributed by atoms with E-state index in [0.717, 1.165) is 11.4 Å². The van der Waals surface area contributed by atoms with Crippen LogP contribution >= 0.6 is 0 Å². The molecule has 2 aromatic carbocycles. The molecule has 0 atom stereocenters. The van der Waals surface area contributed by atoms with Crippen LogP contribution in [0.1, 0.15) is 22.3 Å². The van der Waals surface area contributed by atoms with Crippen molar-refractivity contribution in [3.63, 3.8) is 0 Å². The lowest BCUT2D eigenvalue weighted by molar-refractivity contribution is 1.39. The van der Waals surface area contributed by atoms with E-state index in [4.69, 9.17) is 11.5 Å². The number of nitrogen functional groups attached to an aromatic ring is 2. The summed E-state index contributed by atoms with van der Waals surface area (Å²) in [5.74, 6) is 0. The van der Waals surface area contributed by atoms with Crippen LogP contribution in [0.3, 0.4) is 0 Å². The first kappa shape index (κ1) is 15.6. The molecule has 3 heteroatoms. The van der Waals surface area contributed by atoms with Gasteiger partial charge in [-0.15, -0.1) is 0 Å². The van der Waals surface area contributed by atoms with E-state index in [0.29, 0.717) is 0 Å². The number of aryl methyl sites for hydroxylation is 4. The highest BCUT2D eigenvalue weighted by Crippen LogP contribution is 2.19. The minimum Gasteiger partial charge on any atom is -0.398 e. The second kappa shape index (κ2) is 5.23. The smallest absolute Gasteiger partial charge is 0.112 e. The van der Waals surface area contributed by atoms with Gasteiger partial charge >= 0.3 is 0 Å². The third-order valence-corrected chi connectivity index (χ3v) is 8.09. The molecule has 0 amide bonds. The molecule has 0 saturated carbocycles. The predicted molar refractivity (Wildman–Crippen MR) is 97.4 cm³/mol. The predicted octanol–water partition coefficient (Wildman–Crippen LogP) is 2.91. The van der Waals surface area contributed by atoms with Crippen LogP contribution in [-0.2, 0) is 0 Å². The van der Waals surface area contributed by atoms with E-state index < -0.39 is 8.07 Å². The van der Waals surface area contributed by atoms with Crippen molar-refractivity contribution in [1.82, 2.24) is 0 Å². The largest absolute Gasteiger partial charge is 0.398 e. The van der Waals surface area contributed by atoms with E-state index in [1.54, 1.807) is 0 Å². The number of benzene rings is 2. The topological polar surface area (TPSA) is 52.0 Å². The molecule has 0 aliphatic heterocycles. The number of hydrogen-bond acceptors (Lipinski definition) is 2. The maximum atomic E-state index is 6.10. The van der Waals surface area contributed by atoms with Crippen LogP contribution in [0.25, 0.3) is 0 Å². The molecule has 0 spiro atoms. The van der Waals surface area contributed by atoms with Gasteiger partial charge in [0.1, 0.15) is 8.07 Å². The van der Waals surface area contributed by atoms with Crippen LogP contribution in [-0.4, -0.2) is 8.07 Å². The molecule has 2 rings (SSSR count). The van der Waals surface area contributed by atoms with Gasteiger partial charge in [-0.1, -0.05) is 47.7 Å². The lowest BCUT2D eigenvalue weighted by atomic mass is 10.1. The second-order valence-electron chi connectivity index (χ2n) is 6.67. The number of anilines is 2. The van der Waals surface area contributed by atoms with E-state index in [1.807, 2.05) is 0 Å². The molecule has 2 aromatic rings. The van der Waals surface area contributed by atoms with E-state index in [9.17, 15) is 0 Å². The minimum absolute atomic E-state index is 0.910. The van der Waals surface area contributed by atoms with Gasteiger partial charge in [0, 0.05) is 11.4 Å². The van der Waals surface area contributed by atoms with Gasteiger partial charge in [-0.2, -0.15) is 0 Å². The highest BCUT2D eigenvalue weighted by Gasteiger charge is 2.27. The molecule has 0 aromatic heterocycles. The molecule has 0 aliphatic rings. The zero-order valence-corrected chi connectivity index (χ0v) is 15.0. The van der Waals surface area contributed by atoms with Crippen LogP contribution in [0.2, 0.25) is 13.1 Å². The van der Waals surface area contributed by atoms with E-state index in [2.05, 4.69) is 65.1 Å². The summed E-state index contributed by atoms with van der Waals surface area (Å²) in [5.41, 5.74) is 18.7. The van der Waals surface area contributed by atoms with Crippen molar-refractivity contribution >= 4 is 29.8 Å². The van der Waals surface area contributed by atoms with Gasteiger partial charge < -0.3 is 11.5 Å². The van der Waals surface area contributed by atoms with Crippen molar-refractivity contribution in [2.75, 3.05) is 11.5 Å². The number of rotatable bonds is 2. The lowest BCUT2D eigenvalue weighted by Gasteiger charge is -2.26. The van der Waals surface area contributed by atoms with Gasteiger partial charge in [-0.25, -0.2) is 0 Å². The van der Waals surface area contributed by atoms with Crippen LogP contribution in [0.15, 0.2) is 24.3 Å². The summed E-state index contributed by atoms with van der Waals surface area (Å²) < 4.78 is 0. The minimum atomic E-state index is -1.74. The Balaban J connectivity index is 2.61. The molecule has 0 heterocycles. The SMILES string of the molecule is Cc1cc([Si](C)(C)c2cc(C)c(N)c(C)c2)cc(C)c1N. The summed E-state index contributed by atoms with van der Waals surface area (Å²) in [6.45, 7) is 13.2. The average molecular weight is 299 g/mol. The van der Waals surface area contributed by atoms with Gasteiger partial charge in [0.25, 0.3) is 0 Å². The standard InChI is InChI=1S/C18H26N2Si/c1-11-7-15(8-12(2)17(11)19)21(5,6)16-9-13(3)18(20)14(4)10-16/h7-10H,19-20H2,1-6H3. The van der Waals surface area contributed by atoms with E-state index >= 15 is 0 Å². The first-order valence-corrected chi connectivity index (χ1v) is 10.4. The highest BCUT2D eigenvalue weighted by atomic mass is 28.3. The van der Waals surface area contributed by atoms with Gasteiger partial charge in [0.2, 0.25) is 0 Å². The zero-order valence-electron chi connectivity index (χ0n) is 14.0. The number of hydrogen-bond donors (Lipinski definition) is 2. The number of nitrogens with two attached hydrogens (primary N) is 2. The Kier molecular flexibility index (Phi) is 3.89. The maximum Gasteiger partial charge on any atom is 0.112 e. The quantitative estimate of drug-likeness (QED) is 0.661. The molecule has 0 unspecified atom stereocenters. The van der Waals surface area contributed by atoms with Gasteiger partial charge in [0.05, 0.1) is 0 Å². The van der Waals surface area contributed by atoms with Gasteiger partial charge in [0.15, 0.2) is 0 Å². The lowest BCUT2D eigenvalue weighted by Crippen LogP contribution is -2.53. The second-order valence-corrected chi connectivity index (χ2v) is 11.1. The third kappa shape index (κ3) is 2.70. The average Bonchev–Trinajstić information content (AvgIpc) is 2.40. The fourth-order valence-electron chi connectivity index (χ4n) is 2.84. The van der Waals surface area contributed by atoms with Crippen LogP contribution < -0.4 is 21.8 Å². The van der Waals surface area contributed by atoms with Crippen LogP contribution in [0, 0.1) is 27.7 Å². The Morgan fingerprint density at radius 1 is 0.619 bits per heavy atom. The van der Waals surface area contributed by atoms with Crippen LogP contribution in [0.4, 0.5) is 11.4 Å². The van der Waals surface area contributed by atoms with Gasteiger partial charge in [-0.05, 0) is 49.9 Å². The Bertz CT molecular complexity index is 597. The molecule has 21 heavy (non-hydrogen) atoms. The van der Waals surface area contributed by atoms with E-state index in [1.165, 1.54) is 32.6 Å².